The molecule has 0 heterocycles. The third-order valence-corrected chi connectivity index (χ3v) is 9.01. The van der Waals surface area contributed by atoms with Crippen LogP contribution in [0.25, 0.3) is 11.1 Å². The Morgan fingerprint density at radius 2 is 1.46 bits per heavy atom. The van der Waals surface area contributed by atoms with Gasteiger partial charge in [-0.15, -0.1) is 5.92 Å². The first-order valence-electron chi connectivity index (χ1n) is 15.0. The fourth-order valence-corrected chi connectivity index (χ4v) is 6.41. The third-order valence-electron chi connectivity index (χ3n) is 6.92. The molecule has 0 saturated carbocycles. The molecule has 0 radical (unpaired) electrons. The molecule has 0 aliphatic rings. The minimum Gasteiger partial charge on any atom is -0.744 e. The number of rotatable bonds is 17. The molecule has 0 aliphatic carbocycles. The van der Waals surface area contributed by atoms with E-state index in [0.717, 1.165) is 47.5 Å². The Labute approximate surface area is 252 Å². The normalized spacial score (nSPS) is 11.2. The largest absolute Gasteiger partial charge is 0.744 e. The SMILES string of the molecule is CCCCCCCCCCC#CCc1ccccc1-c1ccc(Sc2ccc(OCCCC)cc2)c(S(=O)(=O)[O-])c1. The van der Waals surface area contributed by atoms with Crippen LogP contribution < -0.4 is 4.74 Å². The molecule has 3 aromatic rings. The van der Waals surface area contributed by atoms with Gasteiger partial charge in [0.2, 0.25) is 0 Å². The summed E-state index contributed by atoms with van der Waals surface area (Å²) in [6.07, 6.45) is 13.8. The quantitative estimate of drug-likeness (QED) is 0.0888. The molecule has 0 fully saturated rings. The molecule has 3 rings (SSSR count). The summed E-state index contributed by atoms with van der Waals surface area (Å²) >= 11 is 1.26. The first kappa shape index (κ1) is 32.8. The Balaban J connectivity index is 1.66. The number of unbranched alkanes of at least 4 members (excludes halogenated alkanes) is 9. The molecule has 0 atom stereocenters. The lowest BCUT2D eigenvalue weighted by Crippen LogP contribution is -2.01. The average molecular weight is 592 g/mol. The summed E-state index contributed by atoms with van der Waals surface area (Å²) in [6, 6.07) is 20.4. The number of hydrogen-bond acceptors (Lipinski definition) is 5. The smallest absolute Gasteiger partial charge is 0.125 e. The zero-order valence-electron chi connectivity index (χ0n) is 24.5. The average Bonchev–Trinajstić information content (AvgIpc) is 2.97. The van der Waals surface area contributed by atoms with Crippen LogP contribution in [0.4, 0.5) is 0 Å². The minimum absolute atomic E-state index is 0.209. The van der Waals surface area contributed by atoms with Gasteiger partial charge in [0, 0.05) is 22.6 Å². The fraction of sp³-hybridized carbons (Fsp3) is 0.429. The van der Waals surface area contributed by atoms with Crippen LogP contribution in [0.5, 0.6) is 5.75 Å². The lowest BCUT2D eigenvalue weighted by Gasteiger charge is -2.16. The number of benzene rings is 3. The monoisotopic (exact) mass is 591 g/mol. The van der Waals surface area contributed by atoms with Crippen LogP contribution >= 0.6 is 11.8 Å². The molecular weight excluding hydrogens is 549 g/mol. The van der Waals surface area contributed by atoms with E-state index < -0.39 is 10.1 Å². The summed E-state index contributed by atoms with van der Waals surface area (Å²) in [5.41, 5.74) is 2.61. The summed E-state index contributed by atoms with van der Waals surface area (Å²) in [5.74, 6) is 7.37. The molecule has 0 aliphatic heterocycles. The van der Waals surface area contributed by atoms with E-state index in [1.807, 2.05) is 54.6 Å². The molecule has 0 N–H and O–H groups in total. The summed E-state index contributed by atoms with van der Waals surface area (Å²) in [4.78, 5) is 1.03. The van der Waals surface area contributed by atoms with Crippen LogP contribution in [0.15, 0.2) is 81.4 Å². The van der Waals surface area contributed by atoms with Crippen molar-refractivity contribution in [2.24, 2.45) is 0 Å². The van der Waals surface area contributed by atoms with Crippen LogP contribution in [0.3, 0.4) is 0 Å². The zero-order valence-corrected chi connectivity index (χ0v) is 26.1. The summed E-state index contributed by atoms with van der Waals surface area (Å²) in [5, 5.41) is 0. The highest BCUT2D eigenvalue weighted by atomic mass is 32.2. The van der Waals surface area contributed by atoms with Crippen molar-refractivity contribution in [1.82, 2.24) is 0 Å². The maximum atomic E-state index is 12.3. The maximum absolute atomic E-state index is 12.3. The minimum atomic E-state index is -4.68. The molecule has 220 valence electrons. The van der Waals surface area contributed by atoms with E-state index in [9.17, 15) is 13.0 Å². The van der Waals surface area contributed by atoms with E-state index in [-0.39, 0.29) is 4.90 Å². The van der Waals surface area contributed by atoms with Crippen molar-refractivity contribution in [3.05, 3.63) is 72.3 Å². The lowest BCUT2D eigenvalue weighted by molar-refractivity contribution is 0.309. The zero-order chi connectivity index (χ0) is 29.3. The topological polar surface area (TPSA) is 66.4 Å². The molecular formula is C35H43O4S2-. The first-order valence-corrected chi connectivity index (χ1v) is 17.2. The van der Waals surface area contributed by atoms with Gasteiger partial charge in [-0.2, -0.15) is 0 Å². The fourth-order valence-electron chi connectivity index (χ4n) is 4.57. The lowest BCUT2D eigenvalue weighted by atomic mass is 9.98. The molecule has 0 unspecified atom stereocenters. The summed E-state index contributed by atoms with van der Waals surface area (Å²) in [6.45, 7) is 5.02. The molecule has 41 heavy (non-hydrogen) atoms. The van der Waals surface area contributed by atoms with Gasteiger partial charge in [0.1, 0.15) is 15.9 Å². The van der Waals surface area contributed by atoms with Crippen LogP contribution in [-0.2, 0) is 16.5 Å². The van der Waals surface area contributed by atoms with E-state index >= 15 is 0 Å². The second kappa shape index (κ2) is 18.0. The summed E-state index contributed by atoms with van der Waals surface area (Å²) < 4.78 is 42.6. The Hall–Kier alpha value is -2.72. The van der Waals surface area contributed by atoms with Gasteiger partial charge in [0.25, 0.3) is 0 Å². The molecule has 0 bridgehead atoms. The van der Waals surface area contributed by atoms with E-state index in [4.69, 9.17) is 4.74 Å². The van der Waals surface area contributed by atoms with Gasteiger partial charge in [-0.1, -0.05) is 113 Å². The van der Waals surface area contributed by atoms with Gasteiger partial charge in [-0.05, 0) is 65.9 Å². The van der Waals surface area contributed by atoms with Crippen molar-refractivity contribution in [3.63, 3.8) is 0 Å². The van der Waals surface area contributed by atoms with E-state index in [1.54, 1.807) is 6.07 Å². The van der Waals surface area contributed by atoms with Crippen LogP contribution in [0.2, 0.25) is 0 Å². The molecule has 0 saturated heterocycles. The molecule has 4 nitrogen and oxygen atoms in total. The van der Waals surface area contributed by atoms with Crippen LogP contribution in [0.1, 0.15) is 90.0 Å². The number of hydrogen-bond donors (Lipinski definition) is 0. The molecule has 3 aromatic carbocycles. The predicted molar refractivity (Wildman–Crippen MR) is 170 cm³/mol. The Morgan fingerprint density at radius 3 is 2.17 bits per heavy atom. The van der Waals surface area contributed by atoms with Crippen molar-refractivity contribution >= 4 is 21.9 Å². The molecule has 0 amide bonds. The Morgan fingerprint density at radius 1 is 0.780 bits per heavy atom. The predicted octanol–water partition coefficient (Wildman–Crippen LogP) is 9.66. The second-order valence-corrected chi connectivity index (χ2v) is 12.8. The van der Waals surface area contributed by atoms with E-state index in [2.05, 4.69) is 25.7 Å². The van der Waals surface area contributed by atoms with Crippen molar-refractivity contribution in [1.29, 1.82) is 0 Å². The molecule has 0 spiro atoms. The maximum Gasteiger partial charge on any atom is 0.125 e. The Kier molecular flexibility index (Phi) is 14.4. The van der Waals surface area contributed by atoms with Gasteiger partial charge < -0.3 is 9.29 Å². The van der Waals surface area contributed by atoms with Crippen LogP contribution in [0, 0.1) is 11.8 Å². The molecule has 6 heteroatoms. The number of ether oxygens (including phenoxy) is 1. The van der Waals surface area contributed by atoms with Gasteiger partial charge in [-0.3, -0.25) is 0 Å². The Bertz CT molecular complexity index is 1370. The second-order valence-electron chi connectivity index (χ2n) is 10.3. The van der Waals surface area contributed by atoms with Crippen molar-refractivity contribution in [2.45, 2.75) is 106 Å². The first-order chi connectivity index (χ1) is 19.9. The van der Waals surface area contributed by atoms with E-state index in [0.29, 0.717) is 23.5 Å². The third kappa shape index (κ3) is 11.6. The van der Waals surface area contributed by atoms with Crippen molar-refractivity contribution < 1.29 is 17.7 Å². The summed E-state index contributed by atoms with van der Waals surface area (Å²) in [7, 11) is -4.68. The van der Waals surface area contributed by atoms with Crippen molar-refractivity contribution in [2.75, 3.05) is 6.61 Å². The molecule has 0 aromatic heterocycles. The highest BCUT2D eigenvalue weighted by molar-refractivity contribution is 8.00. The van der Waals surface area contributed by atoms with E-state index in [1.165, 1.54) is 62.8 Å². The van der Waals surface area contributed by atoms with Gasteiger partial charge in [-0.25, -0.2) is 8.42 Å². The van der Waals surface area contributed by atoms with Crippen molar-refractivity contribution in [3.8, 4) is 28.7 Å². The van der Waals surface area contributed by atoms with Gasteiger partial charge in [0.05, 0.1) is 11.5 Å². The highest BCUT2D eigenvalue weighted by Gasteiger charge is 2.14. The van der Waals surface area contributed by atoms with Gasteiger partial charge >= 0.3 is 0 Å². The van der Waals surface area contributed by atoms with Crippen LogP contribution in [-0.4, -0.2) is 19.6 Å². The van der Waals surface area contributed by atoms with Gasteiger partial charge in [0.15, 0.2) is 0 Å². The highest BCUT2D eigenvalue weighted by Crippen LogP contribution is 2.37. The standard InChI is InChI=1S/C35H44O4S2/c1-3-5-7-8-9-10-11-12-13-14-15-18-29-19-16-17-20-33(29)30-21-26-34(35(28-30)41(36,37)38)40-32-24-22-31(23-25-32)39-27-6-4-2/h16-17,19-26,28H,3-13,18,27H2,1-2H3,(H,36,37,38)/p-1.